The summed E-state index contributed by atoms with van der Waals surface area (Å²) in [6, 6.07) is 10.4. The van der Waals surface area contributed by atoms with Crippen LogP contribution in [0.1, 0.15) is 43.6 Å². The first-order chi connectivity index (χ1) is 11.6. The number of methoxy groups -OCH3 is 1. The van der Waals surface area contributed by atoms with Gasteiger partial charge in [0.2, 0.25) is 5.91 Å². The number of carbonyl (C=O) groups excluding carboxylic acids is 1. The smallest absolute Gasteiger partial charge is 0.332 e. The van der Waals surface area contributed by atoms with Crippen LogP contribution in [0.25, 0.3) is 0 Å². The fraction of sp³-hybridized carbons (Fsp3) is 0.579. The molecule has 0 radical (unpaired) electrons. The molecular weight excluding hydrogens is 306 g/mol. The third-order valence-electron chi connectivity index (χ3n) is 5.54. The summed E-state index contributed by atoms with van der Waals surface area (Å²) < 4.78 is 5.12. The van der Waals surface area contributed by atoms with Crippen LogP contribution in [0.15, 0.2) is 30.3 Å². The van der Waals surface area contributed by atoms with Gasteiger partial charge in [-0.05, 0) is 43.1 Å². The van der Waals surface area contributed by atoms with Crippen molar-refractivity contribution < 1.29 is 19.4 Å². The minimum Gasteiger partial charge on any atom is -0.479 e. The first-order valence-corrected chi connectivity index (χ1v) is 8.64. The maximum atomic E-state index is 12.7. The fourth-order valence-corrected chi connectivity index (χ4v) is 4.17. The van der Waals surface area contributed by atoms with Crippen LogP contribution in [0.3, 0.4) is 0 Å². The lowest BCUT2D eigenvalue weighted by molar-refractivity contribution is -0.160. The van der Waals surface area contributed by atoms with E-state index in [2.05, 4.69) is 12.1 Å². The Kier molecular flexibility index (Phi) is 4.90. The molecule has 1 saturated heterocycles. The summed E-state index contributed by atoms with van der Waals surface area (Å²) in [4.78, 5) is 26.0. The molecule has 5 nitrogen and oxygen atoms in total. The van der Waals surface area contributed by atoms with Gasteiger partial charge in [-0.1, -0.05) is 30.3 Å². The molecule has 24 heavy (non-hydrogen) atoms. The van der Waals surface area contributed by atoms with E-state index in [9.17, 15) is 14.7 Å². The molecule has 130 valence electrons. The summed E-state index contributed by atoms with van der Waals surface area (Å²) in [5, 5.41) is 9.64. The van der Waals surface area contributed by atoms with E-state index >= 15 is 0 Å². The number of aliphatic carboxylic acids is 1. The minimum absolute atomic E-state index is 0.0385. The number of hydrogen-bond acceptors (Lipinski definition) is 3. The highest BCUT2D eigenvalue weighted by Crippen LogP contribution is 2.44. The SMILES string of the molecule is COCC1(C(=O)O)CCCN1C(=O)CC1CC(c2ccccc2)C1. The van der Waals surface area contributed by atoms with Gasteiger partial charge >= 0.3 is 5.97 Å². The average molecular weight is 331 g/mol. The minimum atomic E-state index is -1.17. The van der Waals surface area contributed by atoms with Crippen LogP contribution >= 0.6 is 0 Å². The van der Waals surface area contributed by atoms with Gasteiger partial charge in [-0.15, -0.1) is 0 Å². The Hall–Kier alpha value is -1.88. The van der Waals surface area contributed by atoms with Crippen LogP contribution in [0.2, 0.25) is 0 Å². The summed E-state index contributed by atoms with van der Waals surface area (Å²) in [7, 11) is 1.49. The third kappa shape index (κ3) is 3.05. The highest BCUT2D eigenvalue weighted by atomic mass is 16.5. The highest BCUT2D eigenvalue weighted by Gasteiger charge is 2.50. The predicted molar refractivity (Wildman–Crippen MR) is 89.7 cm³/mol. The Morgan fingerprint density at radius 1 is 1.29 bits per heavy atom. The summed E-state index contributed by atoms with van der Waals surface area (Å²) in [6.45, 7) is 0.578. The maximum Gasteiger partial charge on any atom is 0.332 e. The number of rotatable bonds is 6. The van der Waals surface area contributed by atoms with Gasteiger partial charge in [0.15, 0.2) is 5.54 Å². The van der Waals surface area contributed by atoms with Crippen LogP contribution in [0.5, 0.6) is 0 Å². The molecule has 1 heterocycles. The molecule has 1 aromatic carbocycles. The van der Waals surface area contributed by atoms with Crippen molar-refractivity contribution in [2.24, 2.45) is 5.92 Å². The van der Waals surface area contributed by atoms with Gasteiger partial charge < -0.3 is 14.7 Å². The molecule has 2 fully saturated rings. The largest absolute Gasteiger partial charge is 0.479 e. The standard InChI is InChI=1S/C19H25NO4/c1-24-13-19(18(22)23)8-5-9-20(19)17(21)12-14-10-16(11-14)15-6-3-2-4-7-15/h2-4,6-7,14,16H,5,8-13H2,1H3,(H,22,23). The van der Waals surface area contributed by atoms with Crippen molar-refractivity contribution in [3.05, 3.63) is 35.9 Å². The third-order valence-corrected chi connectivity index (χ3v) is 5.54. The van der Waals surface area contributed by atoms with Gasteiger partial charge in [-0.2, -0.15) is 0 Å². The van der Waals surface area contributed by atoms with Gasteiger partial charge in [-0.25, -0.2) is 4.79 Å². The Labute approximate surface area is 142 Å². The number of ether oxygens (including phenoxy) is 1. The number of hydrogen-bond donors (Lipinski definition) is 1. The molecule has 0 bridgehead atoms. The van der Waals surface area contributed by atoms with Crippen molar-refractivity contribution in [3.63, 3.8) is 0 Å². The van der Waals surface area contributed by atoms with E-state index in [1.807, 2.05) is 18.2 Å². The van der Waals surface area contributed by atoms with Gasteiger partial charge in [0.05, 0.1) is 6.61 Å². The average Bonchev–Trinajstić information content (AvgIpc) is 2.96. The fourth-order valence-electron chi connectivity index (χ4n) is 4.17. The van der Waals surface area contributed by atoms with Gasteiger partial charge in [0, 0.05) is 20.1 Å². The summed E-state index contributed by atoms with van der Waals surface area (Å²) >= 11 is 0. The number of carboxylic acid groups (broad SMARTS) is 1. The number of carbonyl (C=O) groups is 2. The van der Waals surface area contributed by atoms with E-state index in [0.29, 0.717) is 31.2 Å². The topological polar surface area (TPSA) is 66.8 Å². The molecule has 1 N–H and O–H groups in total. The second kappa shape index (κ2) is 6.93. The van der Waals surface area contributed by atoms with Crippen LogP contribution in [-0.4, -0.2) is 47.7 Å². The van der Waals surface area contributed by atoms with Crippen molar-refractivity contribution >= 4 is 11.9 Å². The van der Waals surface area contributed by atoms with E-state index in [-0.39, 0.29) is 12.5 Å². The van der Waals surface area contributed by atoms with Crippen LogP contribution in [0, 0.1) is 5.92 Å². The zero-order valence-electron chi connectivity index (χ0n) is 14.1. The van der Waals surface area contributed by atoms with Gasteiger partial charge in [-0.3, -0.25) is 4.79 Å². The second-order valence-electron chi connectivity index (χ2n) is 7.07. The monoisotopic (exact) mass is 331 g/mol. The lowest BCUT2D eigenvalue weighted by Crippen LogP contribution is -2.56. The Balaban J connectivity index is 1.58. The first-order valence-electron chi connectivity index (χ1n) is 8.64. The molecule has 1 aromatic rings. The zero-order chi connectivity index (χ0) is 17.2. The van der Waals surface area contributed by atoms with E-state index < -0.39 is 11.5 Å². The Bertz CT molecular complexity index is 597. The van der Waals surface area contributed by atoms with Crippen LogP contribution < -0.4 is 0 Å². The lowest BCUT2D eigenvalue weighted by Gasteiger charge is -2.39. The number of likely N-dealkylation sites (tertiary alicyclic amines) is 1. The van der Waals surface area contributed by atoms with Crippen LogP contribution in [0.4, 0.5) is 0 Å². The molecule has 3 rings (SSSR count). The molecule has 1 aliphatic heterocycles. The zero-order valence-corrected chi connectivity index (χ0v) is 14.1. The van der Waals surface area contributed by atoms with E-state index in [1.54, 1.807) is 4.90 Å². The van der Waals surface area contributed by atoms with Crippen molar-refractivity contribution in [1.29, 1.82) is 0 Å². The van der Waals surface area contributed by atoms with Crippen molar-refractivity contribution in [1.82, 2.24) is 4.90 Å². The number of amides is 1. The number of carboxylic acids is 1. The quantitative estimate of drug-likeness (QED) is 0.870. The molecule has 1 atom stereocenters. The molecule has 1 unspecified atom stereocenters. The van der Waals surface area contributed by atoms with Crippen molar-refractivity contribution in [2.75, 3.05) is 20.3 Å². The molecule has 0 aromatic heterocycles. The van der Waals surface area contributed by atoms with Crippen molar-refractivity contribution in [3.8, 4) is 0 Å². The van der Waals surface area contributed by atoms with Gasteiger partial charge in [0.1, 0.15) is 0 Å². The summed E-state index contributed by atoms with van der Waals surface area (Å²) in [5.41, 5.74) is 0.163. The van der Waals surface area contributed by atoms with E-state index in [1.165, 1.54) is 12.7 Å². The number of nitrogens with zero attached hydrogens (tertiary/aromatic N) is 1. The lowest BCUT2D eigenvalue weighted by atomic mass is 9.70. The van der Waals surface area contributed by atoms with Gasteiger partial charge in [0.25, 0.3) is 0 Å². The van der Waals surface area contributed by atoms with E-state index in [4.69, 9.17) is 4.74 Å². The molecule has 1 amide bonds. The normalized spacial score (nSPS) is 29.3. The molecule has 1 aliphatic carbocycles. The first kappa shape index (κ1) is 17.0. The molecule has 5 heteroatoms. The summed E-state index contributed by atoms with van der Waals surface area (Å²) in [5.74, 6) is -0.0995. The maximum absolute atomic E-state index is 12.7. The molecule has 2 aliphatic rings. The molecule has 1 saturated carbocycles. The highest BCUT2D eigenvalue weighted by molar-refractivity contribution is 5.88. The van der Waals surface area contributed by atoms with Crippen LogP contribution in [-0.2, 0) is 14.3 Å². The summed E-state index contributed by atoms with van der Waals surface area (Å²) in [6.07, 6.45) is 3.65. The molecular formula is C19H25NO4. The molecule has 0 spiro atoms. The Morgan fingerprint density at radius 2 is 2.00 bits per heavy atom. The Morgan fingerprint density at radius 3 is 2.62 bits per heavy atom. The predicted octanol–water partition coefficient (Wildman–Crippen LogP) is 2.66. The second-order valence-corrected chi connectivity index (χ2v) is 7.07. The van der Waals surface area contributed by atoms with Crippen molar-refractivity contribution in [2.45, 2.75) is 43.6 Å². The number of benzene rings is 1. The van der Waals surface area contributed by atoms with E-state index in [0.717, 1.165) is 19.3 Å².